The van der Waals surface area contributed by atoms with E-state index in [-0.39, 0.29) is 35.1 Å². The van der Waals surface area contributed by atoms with Crippen LogP contribution in [0, 0.1) is 10.1 Å². The first kappa shape index (κ1) is 18.7. The first-order valence-electron chi connectivity index (χ1n) is 6.93. The molecular formula is C16H11Cl2NO6. The lowest BCUT2D eigenvalue weighted by atomic mass is 10.2. The molecule has 0 aromatic heterocycles. The average Bonchev–Trinajstić information content (AvgIpc) is 2.58. The number of hydrogen-bond acceptors (Lipinski definition) is 6. The van der Waals surface area contributed by atoms with Crippen molar-refractivity contribution >= 4 is 40.8 Å². The number of ether oxygens (including phenoxy) is 2. The van der Waals surface area contributed by atoms with Crippen LogP contribution in [0.4, 0.5) is 5.69 Å². The quantitative estimate of drug-likeness (QED) is 0.324. The Morgan fingerprint density at radius 1 is 0.960 bits per heavy atom. The zero-order valence-corrected chi connectivity index (χ0v) is 14.1. The lowest BCUT2D eigenvalue weighted by molar-refractivity contribution is -0.385. The molecule has 0 aliphatic carbocycles. The summed E-state index contributed by atoms with van der Waals surface area (Å²) in [5.74, 6) is -1.59. The minimum Gasteiger partial charge on any atom is -0.458 e. The van der Waals surface area contributed by atoms with Gasteiger partial charge in [0.05, 0.1) is 15.5 Å². The molecule has 25 heavy (non-hydrogen) atoms. The number of hydrogen-bond donors (Lipinski definition) is 0. The molecule has 0 atom stereocenters. The fourth-order valence-electron chi connectivity index (χ4n) is 1.88. The van der Waals surface area contributed by atoms with Crippen molar-refractivity contribution in [1.82, 2.24) is 0 Å². The molecule has 0 aliphatic rings. The smallest absolute Gasteiger partial charge is 0.345 e. The van der Waals surface area contributed by atoms with Crippen molar-refractivity contribution in [2.24, 2.45) is 0 Å². The summed E-state index contributed by atoms with van der Waals surface area (Å²) in [5, 5.41) is 11.4. The molecule has 0 radical (unpaired) electrons. The number of rotatable bonds is 6. The fraction of sp³-hybridized carbons (Fsp3) is 0.125. The van der Waals surface area contributed by atoms with Gasteiger partial charge in [0.25, 0.3) is 5.69 Å². The summed E-state index contributed by atoms with van der Waals surface area (Å²) in [6.45, 7) is -0.494. The van der Waals surface area contributed by atoms with Gasteiger partial charge < -0.3 is 9.47 Å². The highest BCUT2D eigenvalue weighted by Crippen LogP contribution is 2.22. The van der Waals surface area contributed by atoms with Gasteiger partial charge in [-0.1, -0.05) is 35.3 Å². The normalized spacial score (nSPS) is 10.2. The SMILES string of the molecule is O=C(OCCOC(=O)c1ccccc1[N+](=O)[O-])c1ccc(Cl)cc1Cl. The third kappa shape index (κ3) is 4.91. The van der Waals surface area contributed by atoms with E-state index in [4.69, 9.17) is 32.7 Å². The minimum atomic E-state index is -0.882. The highest BCUT2D eigenvalue weighted by molar-refractivity contribution is 6.36. The third-order valence-corrected chi connectivity index (χ3v) is 3.57. The second kappa shape index (κ2) is 8.46. The summed E-state index contributed by atoms with van der Waals surface area (Å²) in [5.41, 5.74) is -0.423. The van der Waals surface area contributed by atoms with Crippen LogP contribution in [0.5, 0.6) is 0 Å². The molecule has 0 bridgehead atoms. The molecule has 0 saturated heterocycles. The zero-order valence-electron chi connectivity index (χ0n) is 12.6. The summed E-state index contributed by atoms with van der Waals surface area (Å²) in [6, 6.07) is 9.68. The standard InChI is InChI=1S/C16H11Cl2NO6/c17-10-5-6-11(13(18)9-10)15(20)24-7-8-25-16(21)12-3-1-2-4-14(12)19(22)23/h1-6,9H,7-8H2. The van der Waals surface area contributed by atoms with E-state index < -0.39 is 16.9 Å². The number of halogens is 2. The van der Waals surface area contributed by atoms with Crippen molar-refractivity contribution < 1.29 is 24.0 Å². The average molecular weight is 384 g/mol. The van der Waals surface area contributed by atoms with Crippen LogP contribution in [0.25, 0.3) is 0 Å². The van der Waals surface area contributed by atoms with E-state index in [0.29, 0.717) is 5.02 Å². The lowest BCUT2D eigenvalue weighted by Crippen LogP contribution is -2.15. The number of carbonyl (C=O) groups excluding carboxylic acids is 2. The van der Waals surface area contributed by atoms with Gasteiger partial charge in [-0.2, -0.15) is 0 Å². The molecule has 2 rings (SSSR count). The Kier molecular flexibility index (Phi) is 6.32. The molecule has 0 N–H and O–H groups in total. The van der Waals surface area contributed by atoms with Gasteiger partial charge >= 0.3 is 11.9 Å². The number of para-hydroxylation sites is 1. The summed E-state index contributed by atoms with van der Waals surface area (Å²) >= 11 is 11.6. The van der Waals surface area contributed by atoms with Gasteiger partial charge in [-0.15, -0.1) is 0 Å². The Labute approximate surface area is 152 Å². The molecule has 0 saturated carbocycles. The topological polar surface area (TPSA) is 95.7 Å². The van der Waals surface area contributed by atoms with E-state index in [1.165, 1.54) is 42.5 Å². The van der Waals surface area contributed by atoms with Crippen LogP contribution in [-0.2, 0) is 9.47 Å². The monoisotopic (exact) mass is 383 g/mol. The summed E-state index contributed by atoms with van der Waals surface area (Å²) < 4.78 is 9.82. The second-order valence-corrected chi connectivity index (χ2v) is 5.51. The van der Waals surface area contributed by atoms with Crippen LogP contribution in [0.3, 0.4) is 0 Å². The predicted molar refractivity (Wildman–Crippen MR) is 90.1 cm³/mol. The molecule has 0 amide bonds. The summed E-state index contributed by atoms with van der Waals surface area (Å²) in [4.78, 5) is 33.9. The Balaban J connectivity index is 1.88. The van der Waals surface area contributed by atoms with Crippen LogP contribution in [-0.4, -0.2) is 30.1 Å². The maximum absolute atomic E-state index is 11.9. The molecule has 130 valence electrons. The van der Waals surface area contributed by atoms with E-state index in [2.05, 4.69) is 0 Å². The summed E-state index contributed by atoms with van der Waals surface area (Å²) in [7, 11) is 0. The van der Waals surface area contributed by atoms with Crippen LogP contribution >= 0.6 is 23.2 Å². The third-order valence-electron chi connectivity index (χ3n) is 3.02. The van der Waals surface area contributed by atoms with E-state index in [1.54, 1.807) is 0 Å². The maximum Gasteiger partial charge on any atom is 0.345 e. The Morgan fingerprint density at radius 2 is 1.56 bits per heavy atom. The van der Waals surface area contributed by atoms with Crippen molar-refractivity contribution in [2.45, 2.75) is 0 Å². The second-order valence-electron chi connectivity index (χ2n) is 4.67. The molecule has 0 fully saturated rings. The molecular weight excluding hydrogens is 373 g/mol. The highest BCUT2D eigenvalue weighted by atomic mass is 35.5. The number of nitro groups is 1. The lowest BCUT2D eigenvalue weighted by Gasteiger charge is -2.08. The fourth-order valence-corrected chi connectivity index (χ4v) is 2.37. The minimum absolute atomic E-state index is 0.121. The van der Waals surface area contributed by atoms with Crippen LogP contribution in [0.15, 0.2) is 42.5 Å². The van der Waals surface area contributed by atoms with Crippen LogP contribution in [0.2, 0.25) is 10.0 Å². The van der Waals surface area contributed by atoms with E-state index in [0.717, 1.165) is 0 Å². The van der Waals surface area contributed by atoms with Crippen molar-refractivity contribution in [3.63, 3.8) is 0 Å². The summed E-state index contributed by atoms with van der Waals surface area (Å²) in [6.07, 6.45) is 0. The highest BCUT2D eigenvalue weighted by Gasteiger charge is 2.20. The molecule has 2 aromatic rings. The van der Waals surface area contributed by atoms with Crippen LogP contribution < -0.4 is 0 Å². The van der Waals surface area contributed by atoms with E-state index >= 15 is 0 Å². The van der Waals surface area contributed by atoms with Crippen LogP contribution in [0.1, 0.15) is 20.7 Å². The number of nitrogens with zero attached hydrogens (tertiary/aromatic N) is 1. The van der Waals surface area contributed by atoms with Gasteiger partial charge in [0.2, 0.25) is 0 Å². The first-order chi connectivity index (χ1) is 11.9. The number of benzene rings is 2. The maximum atomic E-state index is 11.9. The first-order valence-corrected chi connectivity index (χ1v) is 7.68. The van der Waals surface area contributed by atoms with Crippen molar-refractivity contribution in [3.05, 3.63) is 73.8 Å². The Bertz CT molecular complexity index is 824. The van der Waals surface area contributed by atoms with Crippen molar-refractivity contribution in [1.29, 1.82) is 0 Å². The Hall–Kier alpha value is -2.64. The van der Waals surface area contributed by atoms with Gasteiger partial charge in [0, 0.05) is 11.1 Å². The molecule has 0 unspecified atom stereocenters. The number of esters is 2. The van der Waals surface area contributed by atoms with Gasteiger partial charge in [-0.3, -0.25) is 10.1 Å². The molecule has 0 spiro atoms. The van der Waals surface area contributed by atoms with Gasteiger partial charge in [0.15, 0.2) is 0 Å². The molecule has 9 heteroatoms. The Morgan fingerprint density at radius 3 is 2.16 bits per heavy atom. The van der Waals surface area contributed by atoms with E-state index in [9.17, 15) is 19.7 Å². The van der Waals surface area contributed by atoms with Gasteiger partial charge in [-0.05, 0) is 24.3 Å². The molecule has 0 heterocycles. The van der Waals surface area contributed by atoms with Crippen molar-refractivity contribution in [3.8, 4) is 0 Å². The molecule has 7 nitrogen and oxygen atoms in total. The number of nitro benzene ring substituents is 1. The molecule has 0 aliphatic heterocycles. The van der Waals surface area contributed by atoms with E-state index in [1.807, 2.05) is 0 Å². The number of carbonyl (C=O) groups is 2. The largest absolute Gasteiger partial charge is 0.458 e. The van der Waals surface area contributed by atoms with Crippen molar-refractivity contribution in [2.75, 3.05) is 13.2 Å². The zero-order chi connectivity index (χ0) is 18.4. The van der Waals surface area contributed by atoms with Gasteiger partial charge in [0.1, 0.15) is 18.8 Å². The predicted octanol–water partition coefficient (Wildman–Crippen LogP) is 3.92. The van der Waals surface area contributed by atoms with Gasteiger partial charge in [-0.25, -0.2) is 9.59 Å². The molecule has 2 aromatic carbocycles.